The Kier molecular flexibility index (Phi) is 13.9. The molecule has 4 aromatic rings. The van der Waals surface area contributed by atoms with Gasteiger partial charge in [0.2, 0.25) is 0 Å². The zero-order valence-electron chi connectivity index (χ0n) is 27.6. The van der Waals surface area contributed by atoms with Crippen LogP contribution >= 0.6 is 0 Å². The molecule has 2 heteroatoms. The number of unbranched alkanes of at least 4 members (excludes halogenated alkanes) is 7. The van der Waals surface area contributed by atoms with Gasteiger partial charge in [0, 0.05) is 11.4 Å². The highest BCUT2D eigenvalue weighted by molar-refractivity contribution is 5.47. The maximum absolute atomic E-state index is 6.03. The lowest BCUT2D eigenvalue weighted by Crippen LogP contribution is -1.98. The fourth-order valence-corrected chi connectivity index (χ4v) is 6.45. The van der Waals surface area contributed by atoms with Crippen molar-refractivity contribution in [1.82, 2.24) is 0 Å². The molecule has 0 spiro atoms. The van der Waals surface area contributed by atoms with Crippen LogP contribution in [0.3, 0.4) is 0 Å². The van der Waals surface area contributed by atoms with E-state index < -0.39 is 0 Å². The van der Waals surface area contributed by atoms with E-state index in [4.69, 9.17) is 11.5 Å². The summed E-state index contributed by atoms with van der Waals surface area (Å²) in [7, 11) is 0. The van der Waals surface area contributed by atoms with Crippen LogP contribution in [0.5, 0.6) is 0 Å². The van der Waals surface area contributed by atoms with Crippen molar-refractivity contribution in [1.29, 1.82) is 0 Å². The number of rotatable bonds is 19. The molecule has 0 heterocycles. The van der Waals surface area contributed by atoms with Crippen molar-refractivity contribution >= 4 is 11.4 Å². The maximum Gasteiger partial charge on any atom is 0.0316 e. The van der Waals surface area contributed by atoms with Crippen molar-refractivity contribution < 1.29 is 0 Å². The van der Waals surface area contributed by atoms with Crippen molar-refractivity contribution in [3.05, 3.63) is 129 Å². The van der Waals surface area contributed by atoms with Crippen LogP contribution in [0.25, 0.3) is 0 Å². The predicted molar refractivity (Wildman–Crippen MR) is 193 cm³/mol. The first kappa shape index (κ1) is 33.4. The molecule has 2 nitrogen and oxygen atoms in total. The Morgan fingerprint density at radius 1 is 0.364 bits per heavy atom. The van der Waals surface area contributed by atoms with Gasteiger partial charge in [0.1, 0.15) is 0 Å². The Morgan fingerprint density at radius 2 is 0.705 bits per heavy atom. The van der Waals surface area contributed by atoms with Crippen LogP contribution in [0.15, 0.2) is 84.9 Å². The number of nitrogen functional groups attached to an aromatic ring is 2. The zero-order chi connectivity index (χ0) is 31.0. The van der Waals surface area contributed by atoms with Crippen LogP contribution in [-0.2, 0) is 38.5 Å². The fourth-order valence-electron chi connectivity index (χ4n) is 6.45. The third kappa shape index (κ3) is 11.2. The van der Waals surface area contributed by atoms with E-state index in [2.05, 4.69) is 86.6 Å². The molecule has 0 unspecified atom stereocenters. The molecule has 0 bridgehead atoms. The molecule has 0 radical (unpaired) electrons. The Balaban J connectivity index is 1.04. The van der Waals surface area contributed by atoms with E-state index >= 15 is 0 Å². The summed E-state index contributed by atoms with van der Waals surface area (Å²) < 4.78 is 0. The number of aryl methyl sites for hydroxylation is 4. The summed E-state index contributed by atoms with van der Waals surface area (Å²) in [6.07, 6.45) is 19.6. The molecule has 0 aliphatic heterocycles. The summed E-state index contributed by atoms with van der Waals surface area (Å²) >= 11 is 0. The maximum atomic E-state index is 6.03. The monoisotopic (exact) mass is 588 g/mol. The molecule has 234 valence electrons. The average molecular weight is 589 g/mol. The van der Waals surface area contributed by atoms with Gasteiger partial charge in [0.25, 0.3) is 0 Å². The van der Waals surface area contributed by atoms with E-state index in [9.17, 15) is 0 Å². The Morgan fingerprint density at radius 3 is 1.07 bits per heavy atom. The van der Waals surface area contributed by atoms with Gasteiger partial charge in [-0.25, -0.2) is 0 Å². The summed E-state index contributed by atoms with van der Waals surface area (Å²) in [5, 5.41) is 0. The molecule has 4 N–H and O–H groups in total. The van der Waals surface area contributed by atoms with Gasteiger partial charge in [-0.15, -0.1) is 0 Å². The molecule has 0 aliphatic carbocycles. The minimum absolute atomic E-state index is 0.872. The number of hydrogen-bond acceptors (Lipinski definition) is 2. The van der Waals surface area contributed by atoms with Crippen LogP contribution in [0.4, 0.5) is 11.4 Å². The van der Waals surface area contributed by atoms with E-state index in [1.54, 1.807) is 0 Å². The van der Waals surface area contributed by atoms with E-state index in [-0.39, 0.29) is 0 Å². The van der Waals surface area contributed by atoms with E-state index in [1.165, 1.54) is 109 Å². The number of anilines is 2. The third-order valence-corrected chi connectivity index (χ3v) is 9.02. The molecule has 0 aliphatic rings. The first-order valence-corrected chi connectivity index (χ1v) is 17.4. The largest absolute Gasteiger partial charge is 0.399 e. The molecule has 4 aromatic carbocycles. The third-order valence-electron chi connectivity index (χ3n) is 9.02. The van der Waals surface area contributed by atoms with Crippen molar-refractivity contribution in [2.24, 2.45) is 0 Å². The fraction of sp³-hybridized carbons (Fsp3) is 0.429. The van der Waals surface area contributed by atoms with Crippen molar-refractivity contribution in [3.8, 4) is 0 Å². The van der Waals surface area contributed by atoms with Gasteiger partial charge in [0.05, 0.1) is 0 Å². The van der Waals surface area contributed by atoms with Gasteiger partial charge in [-0.05, 0) is 120 Å². The number of hydrogen-bond donors (Lipinski definition) is 2. The quantitative estimate of drug-likeness (QED) is 0.0845. The second-order valence-corrected chi connectivity index (χ2v) is 12.9. The first-order chi connectivity index (χ1) is 21.5. The molecule has 4 rings (SSSR count). The van der Waals surface area contributed by atoms with E-state index in [0.29, 0.717) is 0 Å². The summed E-state index contributed by atoms with van der Waals surface area (Å²) in [5.74, 6) is 0. The lowest BCUT2D eigenvalue weighted by molar-refractivity contribution is 0.567. The molecule has 0 saturated heterocycles. The van der Waals surface area contributed by atoms with Crippen LogP contribution in [0.2, 0.25) is 0 Å². The van der Waals surface area contributed by atoms with Crippen LogP contribution in [0, 0.1) is 0 Å². The van der Waals surface area contributed by atoms with Gasteiger partial charge in [-0.1, -0.05) is 126 Å². The SMILES string of the molecule is CCCc1cc(N)ccc1Cc1ccc(CCCCCCCCCCc2ccc(Cc3ccc(N)cc3CCC)cc2)cc1. The minimum Gasteiger partial charge on any atom is -0.399 e. The van der Waals surface area contributed by atoms with E-state index in [0.717, 1.165) is 49.9 Å². The number of nitrogens with two attached hydrogens (primary N) is 2. The van der Waals surface area contributed by atoms with Gasteiger partial charge in [-0.2, -0.15) is 0 Å². The molecule has 44 heavy (non-hydrogen) atoms. The Bertz CT molecular complexity index is 1280. The second kappa shape index (κ2) is 18.3. The van der Waals surface area contributed by atoms with Crippen molar-refractivity contribution in [2.45, 2.75) is 117 Å². The highest BCUT2D eigenvalue weighted by Crippen LogP contribution is 2.22. The van der Waals surface area contributed by atoms with Gasteiger partial charge in [0.15, 0.2) is 0 Å². The van der Waals surface area contributed by atoms with Crippen molar-refractivity contribution in [3.63, 3.8) is 0 Å². The van der Waals surface area contributed by atoms with Crippen LogP contribution < -0.4 is 11.5 Å². The van der Waals surface area contributed by atoms with Crippen LogP contribution in [-0.4, -0.2) is 0 Å². The molecule has 0 amide bonds. The minimum atomic E-state index is 0.872. The van der Waals surface area contributed by atoms with Gasteiger partial charge in [-0.3, -0.25) is 0 Å². The van der Waals surface area contributed by atoms with Crippen molar-refractivity contribution in [2.75, 3.05) is 11.5 Å². The smallest absolute Gasteiger partial charge is 0.0316 e. The Hall–Kier alpha value is -3.52. The molecule has 0 fully saturated rings. The van der Waals surface area contributed by atoms with Gasteiger partial charge >= 0.3 is 0 Å². The highest BCUT2D eigenvalue weighted by Gasteiger charge is 2.06. The lowest BCUT2D eigenvalue weighted by atomic mass is 9.95. The summed E-state index contributed by atoms with van der Waals surface area (Å²) in [5.41, 5.74) is 25.1. The molecule has 0 atom stereocenters. The number of benzene rings is 4. The average Bonchev–Trinajstić information content (AvgIpc) is 3.02. The molecular formula is C42H56N2. The standard InChI is InChI=1S/C42H56N2/c1-3-13-37-31-41(43)27-25-39(37)29-35-21-17-33(18-22-35)15-11-9-7-5-6-8-10-12-16-34-19-23-36(24-20-34)30-40-26-28-42(44)32-38(40)14-4-2/h17-28,31-32H,3-16,29-30,43-44H2,1-2H3. The van der Waals surface area contributed by atoms with E-state index in [1.807, 2.05) is 12.1 Å². The normalized spacial score (nSPS) is 11.2. The molecular weight excluding hydrogens is 532 g/mol. The highest BCUT2D eigenvalue weighted by atomic mass is 14.5. The van der Waals surface area contributed by atoms with Crippen LogP contribution in [0.1, 0.15) is 123 Å². The van der Waals surface area contributed by atoms with Gasteiger partial charge < -0.3 is 11.5 Å². The predicted octanol–water partition coefficient (Wildman–Crippen LogP) is 10.8. The second-order valence-electron chi connectivity index (χ2n) is 12.9. The molecule has 0 aromatic heterocycles. The summed E-state index contributed by atoms with van der Waals surface area (Å²) in [6, 6.07) is 31.4. The summed E-state index contributed by atoms with van der Waals surface area (Å²) in [6.45, 7) is 4.47. The Labute approximate surface area is 268 Å². The molecule has 0 saturated carbocycles. The topological polar surface area (TPSA) is 52.0 Å². The zero-order valence-corrected chi connectivity index (χ0v) is 27.6. The first-order valence-electron chi connectivity index (χ1n) is 17.4. The lowest BCUT2D eigenvalue weighted by Gasteiger charge is -2.11. The summed E-state index contributed by atoms with van der Waals surface area (Å²) in [4.78, 5) is 0.